The molecule has 4 nitrogen and oxygen atoms in total. The fourth-order valence-electron chi connectivity index (χ4n) is 1.08. The number of hydrogen-bond acceptors (Lipinski definition) is 4. The highest BCUT2D eigenvalue weighted by Crippen LogP contribution is 2.16. The van der Waals surface area contributed by atoms with Crippen molar-refractivity contribution in [1.82, 2.24) is 10.3 Å². The van der Waals surface area contributed by atoms with Gasteiger partial charge in [-0.25, -0.2) is 0 Å². The standard InChI is InChI=1S/C12H18N2O2S/c1-9(15)12(2,3)14-11(16)8-17-10-4-6-13-7-5-10/h4-7,9,15H,8H2,1-3H3,(H,14,16). The summed E-state index contributed by atoms with van der Waals surface area (Å²) in [5.41, 5.74) is -0.601. The van der Waals surface area contributed by atoms with Gasteiger partial charge in [0.05, 0.1) is 17.4 Å². The van der Waals surface area contributed by atoms with Crippen LogP contribution in [0.25, 0.3) is 0 Å². The van der Waals surface area contributed by atoms with E-state index < -0.39 is 11.6 Å². The number of rotatable bonds is 5. The average molecular weight is 254 g/mol. The number of hydrogen-bond donors (Lipinski definition) is 2. The van der Waals surface area contributed by atoms with E-state index in [1.807, 2.05) is 12.1 Å². The number of carbonyl (C=O) groups is 1. The maximum atomic E-state index is 11.7. The smallest absolute Gasteiger partial charge is 0.230 e. The number of aliphatic hydroxyl groups excluding tert-OH is 1. The number of pyridine rings is 1. The summed E-state index contributed by atoms with van der Waals surface area (Å²) < 4.78 is 0. The molecule has 0 bridgehead atoms. The predicted molar refractivity (Wildman–Crippen MR) is 68.9 cm³/mol. The van der Waals surface area contributed by atoms with E-state index in [1.54, 1.807) is 33.2 Å². The van der Waals surface area contributed by atoms with Gasteiger partial charge in [-0.1, -0.05) is 0 Å². The van der Waals surface area contributed by atoms with Crippen LogP contribution in [0.4, 0.5) is 0 Å². The van der Waals surface area contributed by atoms with Gasteiger partial charge in [-0.3, -0.25) is 9.78 Å². The normalized spacial score (nSPS) is 13.2. The van der Waals surface area contributed by atoms with Gasteiger partial charge >= 0.3 is 0 Å². The fourth-order valence-corrected chi connectivity index (χ4v) is 1.77. The first-order valence-corrected chi connectivity index (χ1v) is 6.42. The summed E-state index contributed by atoms with van der Waals surface area (Å²) in [5, 5.41) is 12.3. The van der Waals surface area contributed by atoms with E-state index in [0.29, 0.717) is 5.75 Å². The zero-order valence-electron chi connectivity index (χ0n) is 10.3. The van der Waals surface area contributed by atoms with E-state index in [0.717, 1.165) is 4.90 Å². The number of thioether (sulfide) groups is 1. The number of carbonyl (C=O) groups excluding carboxylic acids is 1. The molecule has 94 valence electrons. The second kappa shape index (κ2) is 6.02. The lowest BCUT2D eigenvalue weighted by Crippen LogP contribution is -2.51. The molecule has 1 aromatic rings. The number of aliphatic hydroxyl groups is 1. The van der Waals surface area contributed by atoms with Gasteiger partial charge in [0.25, 0.3) is 0 Å². The Morgan fingerprint density at radius 2 is 2.12 bits per heavy atom. The minimum Gasteiger partial charge on any atom is -0.391 e. The predicted octanol–water partition coefficient (Wildman–Crippen LogP) is 1.45. The molecule has 0 radical (unpaired) electrons. The number of nitrogens with zero attached hydrogens (tertiary/aromatic N) is 1. The molecule has 0 aromatic carbocycles. The van der Waals surface area contributed by atoms with Gasteiger partial charge in [-0.2, -0.15) is 0 Å². The first-order chi connectivity index (χ1) is 7.92. The minimum absolute atomic E-state index is 0.0855. The third-order valence-electron chi connectivity index (χ3n) is 2.53. The highest BCUT2D eigenvalue weighted by Gasteiger charge is 2.25. The molecule has 1 atom stereocenters. The van der Waals surface area contributed by atoms with Crippen molar-refractivity contribution < 1.29 is 9.90 Å². The van der Waals surface area contributed by atoms with Gasteiger partial charge < -0.3 is 10.4 Å². The first-order valence-electron chi connectivity index (χ1n) is 5.44. The Morgan fingerprint density at radius 1 is 1.53 bits per heavy atom. The van der Waals surface area contributed by atoms with Crippen LogP contribution in [0.1, 0.15) is 20.8 Å². The molecule has 0 aliphatic rings. The lowest BCUT2D eigenvalue weighted by Gasteiger charge is -2.29. The second-order valence-corrected chi connectivity index (χ2v) is 5.47. The Labute approximate surface area is 106 Å². The molecule has 17 heavy (non-hydrogen) atoms. The van der Waals surface area contributed by atoms with Crippen LogP contribution in [0.5, 0.6) is 0 Å². The van der Waals surface area contributed by atoms with Crippen LogP contribution < -0.4 is 5.32 Å². The van der Waals surface area contributed by atoms with Gasteiger partial charge in [-0.05, 0) is 32.9 Å². The Balaban J connectivity index is 2.41. The van der Waals surface area contributed by atoms with Gasteiger partial charge in [0, 0.05) is 17.3 Å². The van der Waals surface area contributed by atoms with Crippen molar-refractivity contribution in [3.63, 3.8) is 0 Å². The maximum Gasteiger partial charge on any atom is 0.230 e. The van der Waals surface area contributed by atoms with E-state index in [1.165, 1.54) is 11.8 Å². The third kappa shape index (κ3) is 4.75. The Hall–Kier alpha value is -1.07. The van der Waals surface area contributed by atoms with Crippen molar-refractivity contribution in [2.75, 3.05) is 5.75 Å². The molecule has 1 rings (SSSR count). The number of nitrogens with one attached hydrogen (secondary N) is 1. The van der Waals surface area contributed by atoms with Crippen LogP contribution in [0, 0.1) is 0 Å². The van der Waals surface area contributed by atoms with Gasteiger partial charge in [0.1, 0.15) is 0 Å². The third-order valence-corrected chi connectivity index (χ3v) is 3.54. The van der Waals surface area contributed by atoms with Crippen LogP contribution in [0.3, 0.4) is 0 Å². The zero-order valence-corrected chi connectivity index (χ0v) is 11.1. The van der Waals surface area contributed by atoms with E-state index in [-0.39, 0.29) is 5.91 Å². The molecular formula is C12H18N2O2S. The lowest BCUT2D eigenvalue weighted by atomic mass is 9.99. The highest BCUT2D eigenvalue weighted by atomic mass is 32.2. The Bertz CT molecular complexity index is 366. The molecule has 0 aliphatic heterocycles. The zero-order chi connectivity index (χ0) is 12.9. The van der Waals surface area contributed by atoms with Crippen LogP contribution in [0.15, 0.2) is 29.4 Å². The van der Waals surface area contributed by atoms with Gasteiger partial charge in [0.15, 0.2) is 0 Å². The molecule has 0 saturated carbocycles. The summed E-state index contributed by atoms with van der Waals surface area (Å²) >= 11 is 1.45. The largest absolute Gasteiger partial charge is 0.391 e. The number of amides is 1. The van der Waals surface area contributed by atoms with Gasteiger partial charge in [0.2, 0.25) is 5.91 Å². The van der Waals surface area contributed by atoms with Crippen molar-refractivity contribution in [2.45, 2.75) is 37.3 Å². The molecule has 0 fully saturated rings. The molecule has 0 saturated heterocycles. The SMILES string of the molecule is CC(O)C(C)(C)NC(=O)CSc1ccncc1. The molecular weight excluding hydrogens is 236 g/mol. The van der Waals surface area contributed by atoms with Crippen molar-refractivity contribution in [3.8, 4) is 0 Å². The number of aromatic nitrogens is 1. The van der Waals surface area contributed by atoms with Crippen molar-refractivity contribution >= 4 is 17.7 Å². The molecule has 1 unspecified atom stereocenters. The average Bonchev–Trinajstić information content (AvgIpc) is 2.27. The molecule has 2 N–H and O–H groups in total. The van der Waals surface area contributed by atoms with Crippen LogP contribution in [0.2, 0.25) is 0 Å². The second-order valence-electron chi connectivity index (χ2n) is 4.42. The van der Waals surface area contributed by atoms with E-state index >= 15 is 0 Å². The molecule has 0 aliphatic carbocycles. The summed E-state index contributed by atoms with van der Waals surface area (Å²) in [7, 11) is 0. The van der Waals surface area contributed by atoms with Crippen molar-refractivity contribution in [3.05, 3.63) is 24.5 Å². The highest BCUT2D eigenvalue weighted by molar-refractivity contribution is 8.00. The van der Waals surface area contributed by atoms with Crippen molar-refractivity contribution in [1.29, 1.82) is 0 Å². The summed E-state index contributed by atoms with van der Waals surface area (Å²) in [6, 6.07) is 3.72. The fraction of sp³-hybridized carbons (Fsp3) is 0.500. The maximum absolute atomic E-state index is 11.7. The summed E-state index contributed by atoms with van der Waals surface area (Å²) in [6.45, 7) is 5.26. The van der Waals surface area contributed by atoms with Crippen molar-refractivity contribution in [2.24, 2.45) is 0 Å². The summed E-state index contributed by atoms with van der Waals surface area (Å²) in [5.74, 6) is 0.248. The molecule has 1 heterocycles. The van der Waals surface area contributed by atoms with Gasteiger partial charge in [-0.15, -0.1) is 11.8 Å². The minimum atomic E-state index is -0.601. The lowest BCUT2D eigenvalue weighted by molar-refractivity contribution is -0.121. The van der Waals surface area contributed by atoms with E-state index in [4.69, 9.17) is 0 Å². The van der Waals surface area contributed by atoms with E-state index in [9.17, 15) is 9.90 Å². The van der Waals surface area contributed by atoms with Crippen LogP contribution in [-0.2, 0) is 4.79 Å². The molecule has 5 heteroatoms. The Morgan fingerprint density at radius 3 is 2.65 bits per heavy atom. The molecule has 1 amide bonds. The Kier molecular flexibility index (Phi) is 4.96. The first kappa shape index (κ1) is 14.0. The monoisotopic (exact) mass is 254 g/mol. The van der Waals surface area contributed by atoms with Crippen LogP contribution in [-0.4, -0.2) is 33.4 Å². The van der Waals surface area contributed by atoms with Crippen LogP contribution >= 0.6 is 11.8 Å². The molecule has 0 spiro atoms. The summed E-state index contributed by atoms with van der Waals surface area (Å²) in [4.78, 5) is 16.6. The molecule has 1 aromatic heterocycles. The summed E-state index contributed by atoms with van der Waals surface area (Å²) in [6.07, 6.45) is 2.80. The quantitative estimate of drug-likeness (QED) is 0.781. The van der Waals surface area contributed by atoms with E-state index in [2.05, 4.69) is 10.3 Å². The topological polar surface area (TPSA) is 62.2 Å².